The molecule has 0 aromatic heterocycles. The average molecular weight is 1930 g/mol. The second kappa shape index (κ2) is 95.4. The first-order chi connectivity index (χ1) is 48.1. The van der Waals surface area contributed by atoms with Crippen LogP contribution in [0.4, 0.5) is 0 Å². The minimum atomic E-state index is -3.56. The summed E-state index contributed by atoms with van der Waals surface area (Å²) in [5.74, 6) is 6.52. The SMILES string of the molecule is CCCCCCCCCCS(CCCCCCCCCC)=P([O-])([O-])[S-].CCCCCCCCCCS(CCCCCCCCCC)=P([O-])([O-])[S-].CCCCCCCCCCS(CCCCCCCCCC)=P([O-])([O-])[S-].CCCCCCCCCCS(CCCCCCCCCC)=P([O-])([O-])[S-].[Mo+4].[Mo+4].[Mo+4]. The summed E-state index contributed by atoms with van der Waals surface area (Å²) in [4.78, 5) is 94.9. The summed E-state index contributed by atoms with van der Waals surface area (Å²) in [5, 5.41) is 0. The molecule has 0 fully saturated rings. The fourth-order valence-corrected chi connectivity index (χ4v) is 33.3. The molecular weight excluding hydrogens is 1760 g/mol. The van der Waals surface area contributed by atoms with Crippen LogP contribution in [0.3, 0.4) is 0 Å². The van der Waals surface area contributed by atoms with E-state index in [0.29, 0.717) is 0 Å². The van der Waals surface area contributed by atoms with Crippen molar-refractivity contribution in [2.75, 3.05) is 46.0 Å². The monoisotopic (exact) mass is 1930 g/mol. The molecule has 0 saturated heterocycles. The predicted molar refractivity (Wildman–Crippen MR) is 466 cm³/mol. The Morgan fingerprint density at radius 3 is 0.282 bits per heavy atom. The van der Waals surface area contributed by atoms with Gasteiger partial charge in [-0.3, -0.25) is 0 Å². The van der Waals surface area contributed by atoms with Crippen LogP contribution in [-0.4, -0.2) is 46.0 Å². The smallest absolute Gasteiger partial charge is 0.854 e. The molecular formula is C80H168Mo3O8P4S8. The first-order valence-corrected chi connectivity index (χ1v) is 62.1. The van der Waals surface area contributed by atoms with Crippen molar-refractivity contribution < 1.29 is 102 Å². The molecule has 0 radical (unpaired) electrons. The summed E-state index contributed by atoms with van der Waals surface area (Å²) in [6.45, 7) is 17.9. The van der Waals surface area contributed by atoms with Gasteiger partial charge in [0.2, 0.25) is 0 Å². The third kappa shape index (κ3) is 101. The Hall–Kier alpha value is 6.26. The maximum atomic E-state index is 11.9. The second-order valence-corrected chi connectivity index (χ2v) is 60.1. The molecule has 0 heterocycles. The molecule has 622 valence electrons. The molecule has 0 aliphatic heterocycles. The number of rotatable bonds is 72. The van der Waals surface area contributed by atoms with Gasteiger partial charge in [0, 0.05) is 0 Å². The van der Waals surface area contributed by atoms with E-state index >= 15 is 0 Å². The quantitative estimate of drug-likeness (QED) is 0.0243. The van der Waals surface area contributed by atoms with Crippen molar-refractivity contribution in [2.24, 2.45) is 0 Å². The minimum absolute atomic E-state index is 0. The van der Waals surface area contributed by atoms with Gasteiger partial charge >= 0.3 is 63.2 Å². The van der Waals surface area contributed by atoms with Crippen LogP contribution in [0, 0.1) is 0 Å². The second-order valence-electron chi connectivity index (χ2n) is 29.1. The largest absolute Gasteiger partial charge is 4.00 e. The normalized spacial score (nSPS) is 11.9. The van der Waals surface area contributed by atoms with Crippen LogP contribution in [0.2, 0.25) is 0 Å². The maximum absolute atomic E-state index is 11.9. The molecule has 0 spiro atoms. The fraction of sp³-hybridized carbons (Fsp3) is 1.00. The van der Waals surface area contributed by atoms with Gasteiger partial charge in [0.15, 0.2) is 0 Å². The van der Waals surface area contributed by atoms with Crippen LogP contribution >= 0.6 is 22.8 Å². The number of hydrogen-bond acceptors (Lipinski definition) is 12. The molecule has 0 aromatic carbocycles. The Balaban J connectivity index is -0.000000236. The zero-order valence-corrected chi connectivity index (χ0v) is 84.6. The van der Waals surface area contributed by atoms with Crippen molar-refractivity contribution in [1.82, 2.24) is 0 Å². The molecule has 0 saturated carbocycles. The maximum Gasteiger partial charge on any atom is 4.00 e. The van der Waals surface area contributed by atoms with Crippen molar-refractivity contribution in [3.63, 3.8) is 0 Å². The number of hydrogen-bond donors (Lipinski definition) is 0. The molecule has 0 aliphatic rings. The minimum Gasteiger partial charge on any atom is -0.854 e. The van der Waals surface area contributed by atoms with E-state index in [1.165, 1.54) is 360 Å². The van der Waals surface area contributed by atoms with Crippen LogP contribution in [0.1, 0.15) is 466 Å². The van der Waals surface area contributed by atoms with Gasteiger partial charge in [0.25, 0.3) is 0 Å². The van der Waals surface area contributed by atoms with E-state index < -0.39 is 63.1 Å². The molecule has 0 aliphatic carbocycles. The van der Waals surface area contributed by atoms with Gasteiger partial charge in [-0.25, -0.2) is 40.3 Å². The first kappa shape index (κ1) is 122. The fourth-order valence-electron chi connectivity index (χ4n) is 12.5. The zero-order chi connectivity index (χ0) is 75.2. The summed E-state index contributed by atoms with van der Waals surface area (Å²) < 4.78 is 0. The third-order valence-corrected chi connectivity index (χ3v) is 47.3. The van der Waals surface area contributed by atoms with E-state index in [1.807, 2.05) is 0 Å². The first-order valence-electron chi connectivity index (χ1n) is 42.9. The molecule has 103 heavy (non-hydrogen) atoms. The third-order valence-electron chi connectivity index (χ3n) is 19.1. The zero-order valence-electron chi connectivity index (χ0n) is 68.5. The molecule has 0 amide bonds. The van der Waals surface area contributed by atoms with Crippen molar-refractivity contribution in [1.29, 1.82) is 0 Å². The Kier molecular flexibility index (Phi) is 113. The van der Waals surface area contributed by atoms with E-state index in [0.717, 1.165) is 97.4 Å². The van der Waals surface area contributed by atoms with Gasteiger partial charge in [-0.15, -0.1) is 0 Å². The molecule has 23 heteroatoms. The molecule has 0 atom stereocenters. The molecule has 0 bridgehead atoms. The van der Waals surface area contributed by atoms with Crippen LogP contribution in [0.5, 0.6) is 0 Å². The van der Waals surface area contributed by atoms with Crippen molar-refractivity contribution in [2.45, 2.75) is 466 Å². The Morgan fingerprint density at radius 1 is 0.146 bits per heavy atom. The van der Waals surface area contributed by atoms with E-state index in [4.69, 9.17) is 49.0 Å². The Labute approximate surface area is 719 Å². The Morgan fingerprint density at radius 2 is 0.214 bits per heavy atom. The predicted octanol–water partition coefficient (Wildman–Crippen LogP) is 23.3. The van der Waals surface area contributed by atoms with Crippen LogP contribution in [0.25, 0.3) is 0 Å². The van der Waals surface area contributed by atoms with Crippen molar-refractivity contribution in [3.8, 4) is 0 Å². The van der Waals surface area contributed by atoms with E-state index in [2.05, 4.69) is 55.4 Å². The topological polar surface area (TPSA) is 184 Å². The molecule has 8 nitrogen and oxygen atoms in total. The standard InChI is InChI=1S/4C20H42O2PS2.3Mo/c4*1-3-5-7-9-11-13-15-17-19-25(23(21,22)24)20-18-16-14-12-10-8-6-4-2;;;/h4*3-20H2,1-2H3;;;/q4*-3;3*+4. The summed E-state index contributed by atoms with van der Waals surface area (Å²) in [5.41, 5.74) is -14.2. The van der Waals surface area contributed by atoms with Crippen LogP contribution in [0.15, 0.2) is 0 Å². The van der Waals surface area contributed by atoms with Gasteiger partial charge < -0.3 is 111 Å². The molecule has 0 N–H and O–H groups in total. The van der Waals surface area contributed by atoms with Gasteiger partial charge in [-0.1, -0.05) is 415 Å². The van der Waals surface area contributed by atoms with Gasteiger partial charge in [-0.05, 0) is 97.4 Å². The number of unbranched alkanes of at least 4 members (excludes halogenated alkanes) is 56. The Bertz CT molecular complexity index is 1530. The van der Waals surface area contributed by atoms with Crippen LogP contribution < -0.4 is 39.1 Å². The summed E-state index contributed by atoms with van der Waals surface area (Å²) in [6, 6.07) is 0. The average Bonchev–Trinajstić information content (AvgIpc) is 0.940. The van der Waals surface area contributed by atoms with E-state index in [9.17, 15) is 39.1 Å². The summed E-state index contributed by atoms with van der Waals surface area (Å²) in [6.07, 6.45) is 80.6. The molecule has 0 aromatic rings. The van der Waals surface area contributed by atoms with Crippen molar-refractivity contribution in [3.05, 3.63) is 0 Å². The van der Waals surface area contributed by atoms with Crippen LogP contribution in [-0.2, 0) is 152 Å². The summed E-state index contributed by atoms with van der Waals surface area (Å²) >= 11 is 19.3. The summed E-state index contributed by atoms with van der Waals surface area (Å²) in [7, 11) is -2.19. The van der Waals surface area contributed by atoms with Crippen molar-refractivity contribution >= 4 is 112 Å². The molecule has 0 rings (SSSR count). The van der Waals surface area contributed by atoms with Gasteiger partial charge in [0.05, 0.1) is 0 Å². The van der Waals surface area contributed by atoms with E-state index in [1.54, 1.807) is 0 Å². The molecule has 0 unspecified atom stereocenters. The van der Waals surface area contributed by atoms with Gasteiger partial charge in [0.1, 0.15) is 0 Å². The van der Waals surface area contributed by atoms with Gasteiger partial charge in [-0.2, -0.15) is 0 Å². The van der Waals surface area contributed by atoms with E-state index in [-0.39, 0.29) is 63.2 Å².